The van der Waals surface area contributed by atoms with Gasteiger partial charge in [0.1, 0.15) is 6.54 Å². The van der Waals surface area contributed by atoms with E-state index >= 15 is 0 Å². The molecule has 1 aromatic carbocycles. The molecule has 1 aliphatic rings. The van der Waals surface area contributed by atoms with Gasteiger partial charge >= 0.3 is 0 Å². The van der Waals surface area contributed by atoms with E-state index < -0.39 is 0 Å². The SMILES string of the molecule is CC1CCN(c2nn(CC(=O)NCc3cccs3)c(=O)c3ccccc23)CC1. The molecule has 0 spiro atoms. The Labute approximate surface area is 167 Å². The number of aromatic nitrogens is 2. The Hall–Kier alpha value is -2.67. The molecular weight excluding hydrogens is 372 g/mol. The van der Waals surface area contributed by atoms with Crippen LogP contribution in [0.2, 0.25) is 0 Å². The van der Waals surface area contributed by atoms with Crippen LogP contribution in [0.3, 0.4) is 0 Å². The van der Waals surface area contributed by atoms with Gasteiger partial charge in [-0.05, 0) is 36.3 Å². The third kappa shape index (κ3) is 3.94. The maximum absolute atomic E-state index is 12.9. The van der Waals surface area contributed by atoms with Crippen molar-refractivity contribution in [2.75, 3.05) is 18.0 Å². The van der Waals surface area contributed by atoms with Crippen molar-refractivity contribution in [2.24, 2.45) is 5.92 Å². The van der Waals surface area contributed by atoms with E-state index in [4.69, 9.17) is 0 Å². The molecule has 2 aromatic heterocycles. The number of nitrogens with one attached hydrogen (secondary N) is 1. The molecule has 1 amide bonds. The zero-order valence-corrected chi connectivity index (χ0v) is 16.7. The van der Waals surface area contributed by atoms with Gasteiger partial charge in [-0.25, -0.2) is 4.68 Å². The van der Waals surface area contributed by atoms with Crippen molar-refractivity contribution in [3.05, 3.63) is 57.0 Å². The number of thiophene rings is 1. The Kier molecular flexibility index (Phi) is 5.43. The molecule has 3 heterocycles. The largest absolute Gasteiger partial charge is 0.355 e. The van der Waals surface area contributed by atoms with Crippen LogP contribution in [0.15, 0.2) is 46.6 Å². The minimum absolute atomic E-state index is 0.0771. The van der Waals surface area contributed by atoms with E-state index in [2.05, 4.69) is 22.2 Å². The first-order chi connectivity index (χ1) is 13.6. The average Bonchev–Trinajstić information content (AvgIpc) is 3.23. The second-order valence-electron chi connectivity index (χ2n) is 7.36. The number of hydrogen-bond acceptors (Lipinski definition) is 5. The molecule has 0 unspecified atom stereocenters. The molecule has 1 aliphatic heterocycles. The number of carbonyl (C=O) groups is 1. The summed E-state index contributed by atoms with van der Waals surface area (Å²) in [5, 5.41) is 10.9. The smallest absolute Gasteiger partial charge is 0.275 e. The highest BCUT2D eigenvalue weighted by atomic mass is 32.1. The second kappa shape index (κ2) is 8.14. The van der Waals surface area contributed by atoms with Crippen LogP contribution in [0.1, 0.15) is 24.6 Å². The van der Waals surface area contributed by atoms with Crippen LogP contribution >= 0.6 is 11.3 Å². The first-order valence-electron chi connectivity index (χ1n) is 9.65. The Balaban J connectivity index is 1.61. The summed E-state index contributed by atoms with van der Waals surface area (Å²) in [4.78, 5) is 28.6. The van der Waals surface area contributed by atoms with Gasteiger partial charge in [0.25, 0.3) is 5.56 Å². The standard InChI is InChI=1S/C21H24N4O2S/c1-15-8-10-24(11-9-15)20-17-6-2-3-7-18(17)21(27)25(23-20)14-19(26)22-13-16-5-4-12-28-16/h2-7,12,15H,8-11,13-14H2,1H3,(H,22,26). The van der Waals surface area contributed by atoms with Crippen LogP contribution in [0.4, 0.5) is 5.82 Å². The quantitative estimate of drug-likeness (QED) is 0.720. The van der Waals surface area contributed by atoms with Crippen molar-refractivity contribution in [3.63, 3.8) is 0 Å². The fourth-order valence-corrected chi connectivity index (χ4v) is 4.21. The Morgan fingerprint density at radius 1 is 1.18 bits per heavy atom. The number of hydrogen-bond donors (Lipinski definition) is 1. The normalized spacial score (nSPS) is 15.1. The third-order valence-electron chi connectivity index (χ3n) is 5.26. The number of fused-ring (bicyclic) bond motifs is 1. The number of rotatable bonds is 5. The maximum atomic E-state index is 12.9. The number of amides is 1. The fourth-order valence-electron chi connectivity index (χ4n) is 3.57. The van der Waals surface area contributed by atoms with Gasteiger partial charge in [-0.3, -0.25) is 9.59 Å². The van der Waals surface area contributed by atoms with E-state index in [9.17, 15) is 9.59 Å². The van der Waals surface area contributed by atoms with Crippen LogP contribution in [-0.4, -0.2) is 28.8 Å². The molecule has 4 rings (SSSR count). The van der Waals surface area contributed by atoms with Gasteiger partial charge in [0.05, 0.1) is 11.9 Å². The van der Waals surface area contributed by atoms with Crippen molar-refractivity contribution >= 4 is 33.8 Å². The minimum atomic E-state index is -0.226. The van der Waals surface area contributed by atoms with E-state index in [-0.39, 0.29) is 18.0 Å². The van der Waals surface area contributed by atoms with E-state index in [0.717, 1.165) is 42.0 Å². The van der Waals surface area contributed by atoms with Crippen LogP contribution in [0.5, 0.6) is 0 Å². The molecule has 0 radical (unpaired) electrons. The summed E-state index contributed by atoms with van der Waals surface area (Å²) in [5.74, 6) is 1.29. The Morgan fingerprint density at radius 3 is 2.64 bits per heavy atom. The van der Waals surface area contributed by atoms with Gasteiger partial charge in [0, 0.05) is 23.4 Å². The van der Waals surface area contributed by atoms with Gasteiger partial charge in [-0.1, -0.05) is 31.2 Å². The summed E-state index contributed by atoms with van der Waals surface area (Å²) in [6.45, 7) is 4.49. The lowest BCUT2D eigenvalue weighted by Gasteiger charge is -2.32. The van der Waals surface area contributed by atoms with Crippen LogP contribution < -0.4 is 15.8 Å². The molecule has 0 bridgehead atoms. The first kappa shape index (κ1) is 18.7. The predicted octanol–water partition coefficient (Wildman–Crippen LogP) is 3.01. The number of benzene rings is 1. The second-order valence-corrected chi connectivity index (χ2v) is 8.39. The molecule has 3 aromatic rings. The summed E-state index contributed by atoms with van der Waals surface area (Å²) in [6.07, 6.45) is 2.22. The highest BCUT2D eigenvalue weighted by molar-refractivity contribution is 7.09. The van der Waals surface area contributed by atoms with Crippen molar-refractivity contribution in [1.29, 1.82) is 0 Å². The van der Waals surface area contributed by atoms with Crippen molar-refractivity contribution < 1.29 is 4.79 Å². The van der Waals surface area contributed by atoms with Crippen LogP contribution in [-0.2, 0) is 17.9 Å². The lowest BCUT2D eigenvalue weighted by molar-refractivity contribution is -0.122. The predicted molar refractivity (Wildman–Crippen MR) is 113 cm³/mol. The van der Waals surface area contributed by atoms with E-state index in [1.807, 2.05) is 41.8 Å². The van der Waals surface area contributed by atoms with Gasteiger partial charge < -0.3 is 10.2 Å². The third-order valence-corrected chi connectivity index (χ3v) is 6.14. The summed E-state index contributed by atoms with van der Waals surface area (Å²) in [6, 6.07) is 11.5. The van der Waals surface area contributed by atoms with Crippen molar-refractivity contribution in [2.45, 2.75) is 32.9 Å². The van der Waals surface area contributed by atoms with Crippen molar-refractivity contribution in [1.82, 2.24) is 15.1 Å². The van der Waals surface area contributed by atoms with Gasteiger partial charge in [0.15, 0.2) is 5.82 Å². The molecule has 1 saturated heterocycles. The van der Waals surface area contributed by atoms with Crippen LogP contribution in [0.25, 0.3) is 10.8 Å². The maximum Gasteiger partial charge on any atom is 0.275 e. The average molecular weight is 397 g/mol. The monoisotopic (exact) mass is 396 g/mol. The highest BCUT2D eigenvalue weighted by Crippen LogP contribution is 2.26. The highest BCUT2D eigenvalue weighted by Gasteiger charge is 2.21. The minimum Gasteiger partial charge on any atom is -0.355 e. The molecular formula is C21H24N4O2S. The molecule has 0 atom stereocenters. The number of carbonyl (C=O) groups excluding carboxylic acids is 1. The van der Waals surface area contributed by atoms with E-state index in [0.29, 0.717) is 17.8 Å². The van der Waals surface area contributed by atoms with Crippen molar-refractivity contribution in [3.8, 4) is 0 Å². The van der Waals surface area contributed by atoms with Crippen LogP contribution in [0, 0.1) is 5.92 Å². The van der Waals surface area contributed by atoms with Gasteiger partial charge in [-0.2, -0.15) is 5.10 Å². The fraction of sp³-hybridized carbons (Fsp3) is 0.381. The van der Waals surface area contributed by atoms with Gasteiger partial charge in [0.2, 0.25) is 5.91 Å². The summed E-state index contributed by atoms with van der Waals surface area (Å²) < 4.78 is 1.31. The Morgan fingerprint density at radius 2 is 1.93 bits per heavy atom. The summed E-state index contributed by atoms with van der Waals surface area (Å²) >= 11 is 1.59. The number of nitrogens with zero attached hydrogens (tertiary/aromatic N) is 3. The molecule has 0 saturated carbocycles. The van der Waals surface area contributed by atoms with E-state index in [1.165, 1.54) is 4.68 Å². The van der Waals surface area contributed by atoms with E-state index in [1.54, 1.807) is 11.3 Å². The number of anilines is 1. The first-order valence-corrected chi connectivity index (χ1v) is 10.5. The lowest BCUT2D eigenvalue weighted by atomic mass is 9.99. The van der Waals surface area contributed by atoms with Gasteiger partial charge in [-0.15, -0.1) is 11.3 Å². The molecule has 1 N–H and O–H groups in total. The molecule has 7 heteroatoms. The Bertz CT molecular complexity index is 1020. The summed E-state index contributed by atoms with van der Waals surface area (Å²) in [5.41, 5.74) is -0.226. The molecule has 6 nitrogen and oxygen atoms in total. The topological polar surface area (TPSA) is 67.2 Å². The lowest BCUT2D eigenvalue weighted by Crippen LogP contribution is -2.37. The molecule has 0 aliphatic carbocycles. The zero-order valence-electron chi connectivity index (χ0n) is 15.9. The molecule has 28 heavy (non-hydrogen) atoms. The molecule has 146 valence electrons. The number of piperidine rings is 1. The zero-order chi connectivity index (χ0) is 19.5. The summed E-state index contributed by atoms with van der Waals surface area (Å²) in [7, 11) is 0. The molecule has 1 fully saturated rings.